The molecule has 0 bridgehead atoms. The van der Waals surface area contributed by atoms with Gasteiger partial charge >= 0.3 is 6.18 Å². The van der Waals surface area contributed by atoms with Crippen LogP contribution in [0.4, 0.5) is 30.2 Å². The van der Waals surface area contributed by atoms with Gasteiger partial charge in [-0.1, -0.05) is 18.2 Å². The molecule has 3 aromatic carbocycles. The second kappa shape index (κ2) is 9.33. The summed E-state index contributed by atoms with van der Waals surface area (Å²) in [5.74, 6) is -1.28. The van der Waals surface area contributed by atoms with Crippen LogP contribution in [0, 0.1) is 0 Å². The Morgan fingerprint density at radius 2 is 1.45 bits per heavy atom. The van der Waals surface area contributed by atoms with Gasteiger partial charge in [-0.3, -0.25) is 14.3 Å². The number of alkyl halides is 3. The highest BCUT2D eigenvalue weighted by molar-refractivity contribution is 7.92. The summed E-state index contributed by atoms with van der Waals surface area (Å²) in [5, 5.41) is 4.71. The number of amides is 2. The number of hydrogen-bond acceptors (Lipinski definition) is 4. The van der Waals surface area contributed by atoms with Crippen molar-refractivity contribution in [2.45, 2.75) is 18.0 Å². The molecule has 3 aromatic rings. The molecule has 0 heterocycles. The number of halogens is 3. The molecule has 0 aliphatic carbocycles. The third kappa shape index (κ3) is 6.10. The zero-order chi connectivity index (χ0) is 24.2. The molecule has 0 unspecified atom stereocenters. The second-order valence-electron chi connectivity index (χ2n) is 6.89. The molecule has 0 radical (unpaired) electrons. The van der Waals surface area contributed by atoms with E-state index in [0.29, 0.717) is 6.07 Å². The van der Waals surface area contributed by atoms with Gasteiger partial charge in [-0.15, -0.1) is 0 Å². The van der Waals surface area contributed by atoms with E-state index in [0.717, 1.165) is 12.1 Å². The highest BCUT2D eigenvalue weighted by atomic mass is 32.2. The molecular formula is C22H18F3N3O4S. The van der Waals surface area contributed by atoms with E-state index in [1.807, 2.05) is 0 Å². The van der Waals surface area contributed by atoms with Gasteiger partial charge in [-0.05, 0) is 54.6 Å². The summed E-state index contributed by atoms with van der Waals surface area (Å²) >= 11 is 0. The molecule has 0 aromatic heterocycles. The molecule has 3 rings (SSSR count). The summed E-state index contributed by atoms with van der Waals surface area (Å²) in [6.45, 7) is 1.18. The fourth-order valence-corrected chi connectivity index (χ4v) is 3.90. The van der Waals surface area contributed by atoms with E-state index < -0.39 is 33.6 Å². The average molecular weight is 477 g/mol. The van der Waals surface area contributed by atoms with Gasteiger partial charge in [-0.25, -0.2) is 8.42 Å². The van der Waals surface area contributed by atoms with E-state index in [4.69, 9.17) is 0 Å². The van der Waals surface area contributed by atoms with Crippen molar-refractivity contribution in [1.82, 2.24) is 0 Å². The first-order chi connectivity index (χ1) is 15.5. The van der Waals surface area contributed by atoms with Crippen LogP contribution in [0.2, 0.25) is 0 Å². The van der Waals surface area contributed by atoms with Gasteiger partial charge in [0.2, 0.25) is 5.91 Å². The molecular weight excluding hydrogens is 459 g/mol. The molecule has 0 fully saturated rings. The van der Waals surface area contributed by atoms with Crippen molar-refractivity contribution in [1.29, 1.82) is 0 Å². The molecule has 0 spiro atoms. The van der Waals surface area contributed by atoms with Crippen molar-refractivity contribution in [2.24, 2.45) is 0 Å². The van der Waals surface area contributed by atoms with Crippen LogP contribution in [-0.2, 0) is 21.0 Å². The Hall–Kier alpha value is -3.86. The molecule has 172 valence electrons. The summed E-state index contributed by atoms with van der Waals surface area (Å²) in [6.07, 6.45) is -4.65. The minimum Gasteiger partial charge on any atom is -0.325 e. The van der Waals surface area contributed by atoms with Crippen LogP contribution in [0.3, 0.4) is 0 Å². The molecule has 0 aliphatic heterocycles. The molecule has 11 heteroatoms. The second-order valence-corrected chi connectivity index (χ2v) is 8.57. The van der Waals surface area contributed by atoms with E-state index in [1.54, 1.807) is 18.2 Å². The lowest BCUT2D eigenvalue weighted by molar-refractivity contribution is -0.137. The van der Waals surface area contributed by atoms with Gasteiger partial charge in [0, 0.05) is 18.2 Å². The molecule has 3 N–H and O–H groups in total. The van der Waals surface area contributed by atoms with E-state index in [2.05, 4.69) is 15.4 Å². The number of carbonyl (C=O) groups is 2. The zero-order valence-electron chi connectivity index (χ0n) is 17.1. The largest absolute Gasteiger partial charge is 0.416 e. The number of carbonyl (C=O) groups excluding carboxylic acids is 2. The third-order valence-electron chi connectivity index (χ3n) is 4.36. The van der Waals surface area contributed by atoms with Gasteiger partial charge in [0.05, 0.1) is 21.8 Å². The van der Waals surface area contributed by atoms with E-state index in [9.17, 15) is 31.2 Å². The Labute approximate surface area is 187 Å². The van der Waals surface area contributed by atoms with Crippen molar-refractivity contribution in [2.75, 3.05) is 15.4 Å². The minimum absolute atomic E-state index is 0.00362. The summed E-state index contributed by atoms with van der Waals surface area (Å²) in [4.78, 5) is 24.0. The van der Waals surface area contributed by atoms with Crippen LogP contribution in [-0.4, -0.2) is 20.2 Å². The topological polar surface area (TPSA) is 104 Å². The maximum absolute atomic E-state index is 13.1. The third-order valence-corrected chi connectivity index (χ3v) is 5.76. The number of nitrogens with one attached hydrogen (secondary N) is 3. The van der Waals surface area contributed by atoms with Gasteiger partial charge in [0.15, 0.2) is 0 Å². The molecule has 2 amide bonds. The molecule has 0 saturated carbocycles. The quantitative estimate of drug-likeness (QED) is 0.478. The predicted octanol–water partition coefficient (Wildman–Crippen LogP) is 4.72. The number of rotatable bonds is 6. The fraction of sp³-hybridized carbons (Fsp3) is 0.0909. The number of anilines is 3. The monoisotopic (exact) mass is 477 g/mol. The number of hydrogen-bond donors (Lipinski definition) is 3. The smallest absolute Gasteiger partial charge is 0.325 e. The molecule has 0 saturated heterocycles. The van der Waals surface area contributed by atoms with Gasteiger partial charge < -0.3 is 10.6 Å². The predicted molar refractivity (Wildman–Crippen MR) is 117 cm³/mol. The molecule has 7 nitrogen and oxygen atoms in total. The summed E-state index contributed by atoms with van der Waals surface area (Å²) in [5.41, 5.74) is -0.996. The van der Waals surface area contributed by atoms with Crippen LogP contribution in [0.5, 0.6) is 0 Å². The maximum Gasteiger partial charge on any atom is 0.416 e. The van der Waals surface area contributed by atoms with Crippen molar-refractivity contribution < 1.29 is 31.2 Å². The Morgan fingerprint density at radius 1 is 0.818 bits per heavy atom. The maximum atomic E-state index is 13.1. The van der Waals surface area contributed by atoms with Crippen molar-refractivity contribution in [3.8, 4) is 0 Å². The summed E-state index contributed by atoms with van der Waals surface area (Å²) in [7, 11) is -3.83. The SMILES string of the molecule is CC(=O)Nc1ccc(C(F)(F)F)cc1NC(=O)c1ccc(NS(=O)(=O)c2ccccc2)cc1. The van der Waals surface area contributed by atoms with Gasteiger partial charge in [0.1, 0.15) is 0 Å². The first-order valence-electron chi connectivity index (χ1n) is 9.44. The minimum atomic E-state index is -4.65. The van der Waals surface area contributed by atoms with Gasteiger partial charge in [0.25, 0.3) is 15.9 Å². The molecule has 33 heavy (non-hydrogen) atoms. The van der Waals surface area contributed by atoms with E-state index in [-0.39, 0.29) is 27.5 Å². The Balaban J connectivity index is 1.80. The first kappa shape index (κ1) is 23.8. The van der Waals surface area contributed by atoms with E-state index in [1.165, 1.54) is 43.3 Å². The number of sulfonamides is 1. The fourth-order valence-electron chi connectivity index (χ4n) is 2.82. The lowest BCUT2D eigenvalue weighted by atomic mass is 10.1. The highest BCUT2D eigenvalue weighted by Crippen LogP contribution is 2.34. The Morgan fingerprint density at radius 3 is 2.03 bits per heavy atom. The normalized spacial score (nSPS) is 11.5. The molecule has 0 aliphatic rings. The lowest BCUT2D eigenvalue weighted by Crippen LogP contribution is -2.17. The van der Waals surface area contributed by atoms with Crippen LogP contribution in [0.25, 0.3) is 0 Å². The first-order valence-corrected chi connectivity index (χ1v) is 10.9. The van der Waals surface area contributed by atoms with Crippen LogP contribution >= 0.6 is 0 Å². The highest BCUT2D eigenvalue weighted by Gasteiger charge is 2.31. The average Bonchev–Trinajstić information content (AvgIpc) is 2.74. The summed E-state index contributed by atoms with van der Waals surface area (Å²) < 4.78 is 66.3. The van der Waals surface area contributed by atoms with Crippen LogP contribution < -0.4 is 15.4 Å². The Kier molecular flexibility index (Phi) is 6.73. The van der Waals surface area contributed by atoms with Crippen molar-refractivity contribution >= 4 is 38.9 Å². The lowest BCUT2D eigenvalue weighted by Gasteiger charge is -2.15. The van der Waals surface area contributed by atoms with Crippen molar-refractivity contribution in [3.63, 3.8) is 0 Å². The number of benzene rings is 3. The van der Waals surface area contributed by atoms with Crippen LogP contribution in [0.15, 0.2) is 77.7 Å². The Bertz CT molecular complexity index is 1280. The zero-order valence-corrected chi connectivity index (χ0v) is 17.9. The van der Waals surface area contributed by atoms with E-state index >= 15 is 0 Å². The van der Waals surface area contributed by atoms with Gasteiger partial charge in [-0.2, -0.15) is 13.2 Å². The standard InChI is InChI=1S/C22H18F3N3O4S/c1-14(29)26-19-12-9-16(22(23,24)25)13-20(19)27-21(30)15-7-10-17(11-8-15)28-33(31,32)18-5-3-2-4-6-18/h2-13,28H,1H3,(H,26,29)(H,27,30). The summed E-state index contributed by atoms with van der Waals surface area (Å²) in [6, 6.07) is 15.5. The van der Waals surface area contributed by atoms with Crippen LogP contribution in [0.1, 0.15) is 22.8 Å². The molecule has 0 atom stereocenters. The van der Waals surface area contributed by atoms with Crippen molar-refractivity contribution in [3.05, 3.63) is 83.9 Å².